The molecule has 0 atom stereocenters. The molecule has 2 rings (SSSR count). The molecule has 0 heterocycles. The molecule has 1 saturated carbocycles. The quantitative estimate of drug-likeness (QED) is 0.167. The van der Waals surface area contributed by atoms with Crippen molar-refractivity contribution in [3.05, 3.63) is 35.4 Å². The second-order valence-electron chi connectivity index (χ2n) is 7.29. The molecule has 0 unspecified atom stereocenters. The van der Waals surface area contributed by atoms with E-state index in [0.29, 0.717) is 6.10 Å². The molecule has 0 radical (unpaired) electrons. The lowest BCUT2D eigenvalue weighted by atomic mass is 9.82. The predicted octanol–water partition coefficient (Wildman–Crippen LogP) is 6.18. The summed E-state index contributed by atoms with van der Waals surface area (Å²) in [4.78, 5) is 0. The summed E-state index contributed by atoms with van der Waals surface area (Å²) in [5.41, 5.74) is 3.08. The van der Waals surface area contributed by atoms with E-state index in [4.69, 9.17) is 4.74 Å². The van der Waals surface area contributed by atoms with Crippen LogP contribution in [0, 0.1) is 0 Å². The van der Waals surface area contributed by atoms with E-state index >= 15 is 0 Å². The molecular weight excluding hydrogens is 423 g/mol. The first-order chi connectivity index (χ1) is 11.8. The highest BCUT2D eigenvalue weighted by atomic mass is 127. The third-order valence-corrected chi connectivity index (χ3v) is 8.38. The second-order valence-corrected chi connectivity index (χ2v) is 11.6. The maximum Gasteiger partial charge on any atom is 0.0938 e. The molecule has 0 N–H and O–H groups in total. The van der Waals surface area contributed by atoms with Crippen LogP contribution in [0.4, 0.5) is 0 Å². The molecular formula is C21H35IOSi. The van der Waals surface area contributed by atoms with Crippen molar-refractivity contribution >= 4 is 28.8 Å². The van der Waals surface area contributed by atoms with Gasteiger partial charge in [-0.15, -0.1) is 21.8 Å². The standard InChI is InChI=1S/C21H35IOSi/c1-2-3-4-5-7-18-8-10-19(11-9-18)20-12-14-21(15-13-20)23-16-6-17-24-22/h8-11,20-21H,2-7,12-17,24H2,1H3. The third-order valence-electron chi connectivity index (χ3n) is 5.33. The smallest absolute Gasteiger partial charge is 0.0938 e. The van der Waals surface area contributed by atoms with Crippen LogP contribution in [0.2, 0.25) is 6.04 Å². The van der Waals surface area contributed by atoms with Gasteiger partial charge in [-0.25, -0.2) is 0 Å². The van der Waals surface area contributed by atoms with Crippen LogP contribution >= 0.6 is 21.8 Å². The van der Waals surface area contributed by atoms with Gasteiger partial charge in [0.1, 0.15) is 0 Å². The van der Waals surface area contributed by atoms with Gasteiger partial charge in [0.25, 0.3) is 0 Å². The van der Waals surface area contributed by atoms with Crippen LogP contribution in [0.1, 0.15) is 81.8 Å². The Hall–Kier alpha value is 0.127. The minimum atomic E-state index is 0.200. The number of aryl methyl sites for hydroxylation is 1. The summed E-state index contributed by atoms with van der Waals surface area (Å²) in [6.07, 6.45) is 13.6. The van der Waals surface area contributed by atoms with Crippen LogP contribution in [0.25, 0.3) is 0 Å². The van der Waals surface area contributed by atoms with Crippen LogP contribution in [-0.2, 0) is 11.2 Å². The van der Waals surface area contributed by atoms with Crippen LogP contribution in [0.15, 0.2) is 24.3 Å². The van der Waals surface area contributed by atoms with Crippen molar-refractivity contribution in [1.29, 1.82) is 0 Å². The number of hydrogen-bond acceptors (Lipinski definition) is 1. The van der Waals surface area contributed by atoms with Crippen LogP contribution in [0.5, 0.6) is 0 Å². The molecule has 0 amide bonds. The van der Waals surface area contributed by atoms with E-state index in [0.717, 1.165) is 12.5 Å². The second kappa shape index (κ2) is 12.5. The van der Waals surface area contributed by atoms with Crippen LogP contribution in [-0.4, -0.2) is 19.7 Å². The average molecular weight is 459 g/mol. The van der Waals surface area contributed by atoms with Gasteiger partial charge in [-0.1, -0.05) is 56.5 Å². The van der Waals surface area contributed by atoms with E-state index in [1.807, 2.05) is 0 Å². The molecule has 1 fully saturated rings. The lowest BCUT2D eigenvalue weighted by Crippen LogP contribution is -2.21. The van der Waals surface area contributed by atoms with Crippen molar-refractivity contribution in [1.82, 2.24) is 0 Å². The van der Waals surface area contributed by atoms with E-state index in [9.17, 15) is 0 Å². The van der Waals surface area contributed by atoms with Gasteiger partial charge in [0.2, 0.25) is 0 Å². The van der Waals surface area contributed by atoms with Crippen molar-refractivity contribution in [3.63, 3.8) is 0 Å². The van der Waals surface area contributed by atoms with Gasteiger partial charge in [-0.05, 0) is 62.0 Å². The first-order valence-electron chi connectivity index (χ1n) is 10.1. The minimum absolute atomic E-state index is 0.200. The monoisotopic (exact) mass is 458 g/mol. The Morgan fingerprint density at radius 3 is 2.42 bits per heavy atom. The maximum absolute atomic E-state index is 6.07. The molecule has 0 aromatic heterocycles. The molecule has 1 nitrogen and oxygen atoms in total. The fourth-order valence-corrected chi connectivity index (χ4v) is 5.73. The largest absolute Gasteiger partial charge is 0.378 e. The van der Waals surface area contributed by atoms with E-state index in [-0.39, 0.29) is 7.02 Å². The predicted molar refractivity (Wildman–Crippen MR) is 117 cm³/mol. The fourth-order valence-electron chi connectivity index (χ4n) is 3.72. The maximum atomic E-state index is 6.07. The van der Waals surface area contributed by atoms with E-state index in [1.54, 1.807) is 5.56 Å². The summed E-state index contributed by atoms with van der Waals surface area (Å²) >= 11 is 2.59. The molecule has 0 spiro atoms. The number of ether oxygens (including phenoxy) is 1. The van der Waals surface area contributed by atoms with Gasteiger partial charge in [0, 0.05) is 6.61 Å². The molecule has 1 aliphatic rings. The van der Waals surface area contributed by atoms with E-state index in [2.05, 4.69) is 53.0 Å². The summed E-state index contributed by atoms with van der Waals surface area (Å²) in [5.74, 6) is 0.765. The number of unbranched alkanes of at least 4 members (excludes halogenated alkanes) is 3. The zero-order valence-electron chi connectivity index (χ0n) is 15.4. The third kappa shape index (κ3) is 7.57. The first-order valence-corrected chi connectivity index (χ1v) is 16.2. The molecule has 1 aromatic rings. The topological polar surface area (TPSA) is 9.23 Å². The summed E-state index contributed by atoms with van der Waals surface area (Å²) in [6, 6.07) is 11.0. The van der Waals surface area contributed by atoms with Crippen LogP contribution in [0.3, 0.4) is 0 Å². The van der Waals surface area contributed by atoms with Crippen molar-refractivity contribution in [3.8, 4) is 0 Å². The number of halogens is 1. The molecule has 0 saturated heterocycles. The summed E-state index contributed by atoms with van der Waals surface area (Å²) in [6.45, 7) is 3.28. The highest BCUT2D eigenvalue weighted by Crippen LogP contribution is 2.34. The first kappa shape index (κ1) is 20.4. The highest BCUT2D eigenvalue weighted by Gasteiger charge is 2.22. The van der Waals surface area contributed by atoms with Gasteiger partial charge < -0.3 is 4.74 Å². The van der Waals surface area contributed by atoms with Gasteiger partial charge in [0.15, 0.2) is 0 Å². The summed E-state index contributed by atoms with van der Waals surface area (Å²) in [7, 11) is 0.200. The molecule has 1 aromatic carbocycles. The molecule has 1 aliphatic carbocycles. The minimum Gasteiger partial charge on any atom is -0.378 e. The van der Waals surface area contributed by atoms with Gasteiger partial charge in [-0.3, -0.25) is 0 Å². The summed E-state index contributed by atoms with van der Waals surface area (Å²) in [5, 5.41) is 0. The lowest BCUT2D eigenvalue weighted by Gasteiger charge is -2.29. The molecule has 136 valence electrons. The zero-order valence-corrected chi connectivity index (χ0v) is 19.0. The Morgan fingerprint density at radius 2 is 1.75 bits per heavy atom. The normalized spacial score (nSPS) is 21.6. The van der Waals surface area contributed by atoms with Gasteiger partial charge in [-0.2, -0.15) is 0 Å². The summed E-state index contributed by atoms with van der Waals surface area (Å²) < 4.78 is 6.07. The van der Waals surface area contributed by atoms with Crippen molar-refractivity contribution in [2.45, 2.75) is 89.2 Å². The average Bonchev–Trinajstić information content (AvgIpc) is 2.64. The van der Waals surface area contributed by atoms with Crippen molar-refractivity contribution < 1.29 is 4.74 Å². The van der Waals surface area contributed by atoms with Crippen LogP contribution < -0.4 is 0 Å². The SMILES string of the molecule is CCCCCCc1ccc(C2CCC(OCCC[SiH2]I)CC2)cc1. The molecule has 24 heavy (non-hydrogen) atoms. The fraction of sp³-hybridized carbons (Fsp3) is 0.714. The Balaban J connectivity index is 1.68. The molecule has 3 heteroatoms. The number of benzene rings is 1. The Morgan fingerprint density at radius 1 is 1.00 bits per heavy atom. The molecule has 0 aliphatic heterocycles. The zero-order chi connectivity index (χ0) is 17.0. The number of hydrogen-bond donors (Lipinski definition) is 0. The van der Waals surface area contributed by atoms with Gasteiger partial charge >= 0.3 is 0 Å². The molecule has 0 bridgehead atoms. The Kier molecular flexibility index (Phi) is 10.6. The van der Waals surface area contributed by atoms with Crippen molar-refractivity contribution in [2.75, 3.05) is 6.61 Å². The van der Waals surface area contributed by atoms with E-state index < -0.39 is 0 Å². The Bertz CT molecular complexity index is 426. The van der Waals surface area contributed by atoms with Crippen molar-refractivity contribution in [2.24, 2.45) is 0 Å². The van der Waals surface area contributed by atoms with Gasteiger partial charge in [0.05, 0.1) is 13.1 Å². The Labute approximate surface area is 164 Å². The van der Waals surface area contributed by atoms with E-state index in [1.165, 1.54) is 75.8 Å². The highest BCUT2D eigenvalue weighted by molar-refractivity contribution is 14.1. The lowest BCUT2D eigenvalue weighted by molar-refractivity contribution is 0.0252. The number of rotatable bonds is 11.